The van der Waals surface area contributed by atoms with Crippen LogP contribution in [0.4, 0.5) is 5.69 Å². The van der Waals surface area contributed by atoms with E-state index in [4.69, 9.17) is 46.9 Å². The van der Waals surface area contributed by atoms with Crippen LogP contribution in [0.2, 0.25) is 10.0 Å². The second-order valence-electron chi connectivity index (χ2n) is 9.06. The molecule has 4 rings (SSSR count). The third-order valence-electron chi connectivity index (χ3n) is 6.26. The number of hydrazone groups is 1. The molecule has 0 fully saturated rings. The van der Waals surface area contributed by atoms with Gasteiger partial charge in [0.25, 0.3) is 11.8 Å². The summed E-state index contributed by atoms with van der Waals surface area (Å²) in [4.78, 5) is 38.5. The Morgan fingerprint density at radius 2 is 1.27 bits per heavy atom. The fourth-order valence-electron chi connectivity index (χ4n) is 4.05. The van der Waals surface area contributed by atoms with Gasteiger partial charge >= 0.3 is 5.97 Å². The molecule has 11 nitrogen and oxygen atoms in total. The summed E-state index contributed by atoms with van der Waals surface area (Å²) in [5, 5.41) is 7.42. The van der Waals surface area contributed by atoms with Gasteiger partial charge in [0.2, 0.25) is 5.75 Å². The van der Waals surface area contributed by atoms with Crippen molar-refractivity contribution in [2.24, 2.45) is 5.10 Å². The Morgan fingerprint density at radius 3 is 1.87 bits per heavy atom. The lowest BCUT2D eigenvalue weighted by Crippen LogP contribution is -2.18. The maximum Gasteiger partial charge on any atom is 0.347 e. The maximum absolute atomic E-state index is 12.9. The van der Waals surface area contributed by atoms with E-state index in [1.165, 1.54) is 83.2 Å². The number of rotatable bonds is 11. The number of amides is 2. The fraction of sp³-hybridized carbons (Fsp3) is 0.125. The summed E-state index contributed by atoms with van der Waals surface area (Å²) in [5.41, 5.74) is 3.84. The molecule has 0 radical (unpaired) electrons. The van der Waals surface area contributed by atoms with Gasteiger partial charge in [-0.3, -0.25) is 9.59 Å². The Labute approximate surface area is 268 Å². The summed E-state index contributed by atoms with van der Waals surface area (Å²) < 4.78 is 26.7. The summed E-state index contributed by atoms with van der Waals surface area (Å²) in [7, 11) is 5.80. The number of hydrogen-bond acceptors (Lipinski definition) is 9. The van der Waals surface area contributed by atoms with Crippen LogP contribution in [0.3, 0.4) is 0 Å². The van der Waals surface area contributed by atoms with E-state index in [1.807, 2.05) is 0 Å². The molecule has 0 aliphatic carbocycles. The Hall–Kier alpha value is -5.26. The number of carbonyl (C=O) groups is 3. The number of benzene rings is 4. The molecule has 2 amide bonds. The van der Waals surface area contributed by atoms with E-state index in [1.54, 1.807) is 24.3 Å². The van der Waals surface area contributed by atoms with Crippen molar-refractivity contribution in [2.45, 2.75) is 0 Å². The topological polar surface area (TPSA) is 134 Å². The predicted octanol–water partition coefficient (Wildman–Crippen LogP) is 6.26. The molecule has 2 N–H and O–H groups in total. The van der Waals surface area contributed by atoms with Gasteiger partial charge in [-0.1, -0.05) is 23.2 Å². The van der Waals surface area contributed by atoms with Crippen LogP contribution in [0, 0.1) is 0 Å². The van der Waals surface area contributed by atoms with Crippen LogP contribution in [0.1, 0.15) is 36.6 Å². The maximum atomic E-state index is 12.9. The standard InChI is InChI=1S/C32H27Cl2N3O8/c1-41-26-12-8-22(34)16-24(26)32(40)45-25-11-7-21(33)13-20(25)17-35-37-31(39)18-5-9-23(10-6-18)36-30(38)19-14-27(42-2)29(44-4)28(15-19)43-3/h5-17H,1-4H3,(H,36,38)(H,37,39)/b35-17+. The molecule has 0 aliphatic rings. The van der Waals surface area contributed by atoms with Crippen molar-refractivity contribution in [3.05, 3.63) is 105 Å². The number of carbonyl (C=O) groups excluding carboxylic acids is 3. The minimum absolute atomic E-state index is 0.124. The summed E-state index contributed by atoms with van der Waals surface area (Å²) in [6.45, 7) is 0. The molecule has 4 aromatic carbocycles. The highest BCUT2D eigenvalue weighted by molar-refractivity contribution is 6.31. The van der Waals surface area contributed by atoms with Crippen LogP contribution in [-0.2, 0) is 0 Å². The predicted molar refractivity (Wildman–Crippen MR) is 170 cm³/mol. The number of halogens is 2. The number of anilines is 1. The Bertz CT molecular complexity index is 1740. The number of esters is 1. The van der Waals surface area contributed by atoms with Crippen molar-refractivity contribution in [3.8, 4) is 28.7 Å². The zero-order chi connectivity index (χ0) is 32.5. The van der Waals surface area contributed by atoms with Gasteiger partial charge in [0.05, 0.1) is 34.7 Å². The third-order valence-corrected chi connectivity index (χ3v) is 6.73. The minimum atomic E-state index is -0.715. The van der Waals surface area contributed by atoms with E-state index in [2.05, 4.69) is 15.8 Å². The van der Waals surface area contributed by atoms with Gasteiger partial charge in [0.15, 0.2) is 11.5 Å². The quantitative estimate of drug-likeness (QED) is 0.0840. The van der Waals surface area contributed by atoms with E-state index >= 15 is 0 Å². The SMILES string of the molecule is COc1ccc(Cl)cc1C(=O)Oc1ccc(Cl)cc1/C=N/NC(=O)c1ccc(NC(=O)c2cc(OC)c(OC)c(OC)c2)cc1. The smallest absolute Gasteiger partial charge is 0.347 e. The highest BCUT2D eigenvalue weighted by atomic mass is 35.5. The highest BCUT2D eigenvalue weighted by Crippen LogP contribution is 2.38. The first-order valence-electron chi connectivity index (χ1n) is 13.1. The molecule has 0 saturated carbocycles. The first-order chi connectivity index (χ1) is 21.7. The van der Waals surface area contributed by atoms with Gasteiger partial charge in [0.1, 0.15) is 17.1 Å². The number of nitrogens with zero attached hydrogens (tertiary/aromatic N) is 1. The molecule has 0 heterocycles. The summed E-state index contributed by atoms with van der Waals surface area (Å²) >= 11 is 12.2. The summed E-state index contributed by atoms with van der Waals surface area (Å²) in [6.07, 6.45) is 1.29. The lowest BCUT2D eigenvalue weighted by atomic mass is 10.1. The van der Waals surface area contributed by atoms with Crippen LogP contribution in [-0.4, -0.2) is 52.4 Å². The Kier molecular flexibility index (Phi) is 10.9. The monoisotopic (exact) mass is 651 g/mol. The second kappa shape index (κ2) is 15.0. The summed E-state index contributed by atoms with van der Waals surface area (Å²) in [5.74, 6) is -0.226. The molecular formula is C32H27Cl2N3O8. The lowest BCUT2D eigenvalue weighted by molar-refractivity contribution is 0.0730. The average Bonchev–Trinajstić information content (AvgIpc) is 3.05. The van der Waals surface area contributed by atoms with Gasteiger partial charge in [-0.05, 0) is 72.8 Å². The van der Waals surface area contributed by atoms with Crippen LogP contribution < -0.4 is 34.4 Å². The molecule has 232 valence electrons. The highest BCUT2D eigenvalue weighted by Gasteiger charge is 2.19. The van der Waals surface area contributed by atoms with Crippen molar-refractivity contribution in [2.75, 3.05) is 33.8 Å². The molecule has 0 spiro atoms. The largest absolute Gasteiger partial charge is 0.496 e. The van der Waals surface area contributed by atoms with Crippen molar-refractivity contribution >= 4 is 52.9 Å². The van der Waals surface area contributed by atoms with Crippen molar-refractivity contribution < 1.29 is 38.1 Å². The molecule has 0 unspecified atom stereocenters. The normalized spacial score (nSPS) is 10.6. The van der Waals surface area contributed by atoms with E-state index in [0.717, 1.165) is 0 Å². The number of hydrogen-bond donors (Lipinski definition) is 2. The molecule has 45 heavy (non-hydrogen) atoms. The van der Waals surface area contributed by atoms with Crippen LogP contribution in [0.15, 0.2) is 77.9 Å². The first kappa shape index (κ1) is 32.6. The fourth-order valence-corrected chi connectivity index (χ4v) is 4.41. The van der Waals surface area contributed by atoms with Gasteiger partial charge in [-0.2, -0.15) is 5.10 Å². The van der Waals surface area contributed by atoms with Crippen LogP contribution in [0.5, 0.6) is 28.7 Å². The van der Waals surface area contributed by atoms with Crippen LogP contribution in [0.25, 0.3) is 0 Å². The zero-order valence-corrected chi connectivity index (χ0v) is 26.0. The van der Waals surface area contributed by atoms with Gasteiger partial charge < -0.3 is 29.0 Å². The lowest BCUT2D eigenvalue weighted by Gasteiger charge is -2.14. The average molecular weight is 652 g/mol. The zero-order valence-electron chi connectivity index (χ0n) is 24.5. The van der Waals surface area contributed by atoms with E-state index in [-0.39, 0.29) is 28.2 Å². The van der Waals surface area contributed by atoms with Gasteiger partial charge in [-0.15, -0.1) is 0 Å². The molecular weight excluding hydrogens is 625 g/mol. The molecule has 0 bridgehead atoms. The molecule has 0 atom stereocenters. The Balaban J connectivity index is 1.42. The molecule has 0 saturated heterocycles. The van der Waals surface area contributed by atoms with Crippen molar-refractivity contribution in [1.82, 2.24) is 5.43 Å². The second-order valence-corrected chi connectivity index (χ2v) is 9.93. The first-order valence-corrected chi connectivity index (χ1v) is 13.8. The van der Waals surface area contributed by atoms with Crippen molar-refractivity contribution in [1.29, 1.82) is 0 Å². The van der Waals surface area contributed by atoms with Gasteiger partial charge in [-0.25, -0.2) is 10.2 Å². The molecule has 0 aliphatic heterocycles. The van der Waals surface area contributed by atoms with E-state index in [9.17, 15) is 14.4 Å². The molecule has 13 heteroatoms. The number of nitrogens with one attached hydrogen (secondary N) is 2. The summed E-state index contributed by atoms with van der Waals surface area (Å²) in [6, 6.07) is 18.3. The third kappa shape index (κ3) is 8.02. The van der Waals surface area contributed by atoms with E-state index in [0.29, 0.717) is 38.5 Å². The molecule has 0 aromatic heterocycles. The van der Waals surface area contributed by atoms with Gasteiger partial charge in [0, 0.05) is 32.4 Å². The Morgan fingerprint density at radius 1 is 0.667 bits per heavy atom. The van der Waals surface area contributed by atoms with Crippen LogP contribution >= 0.6 is 23.2 Å². The molecule has 4 aromatic rings. The number of ether oxygens (including phenoxy) is 5. The van der Waals surface area contributed by atoms with E-state index < -0.39 is 17.8 Å². The minimum Gasteiger partial charge on any atom is -0.496 e. The number of methoxy groups -OCH3 is 4. The van der Waals surface area contributed by atoms with Crippen molar-refractivity contribution in [3.63, 3.8) is 0 Å².